The van der Waals surface area contributed by atoms with Crippen molar-refractivity contribution in [3.8, 4) is 11.1 Å². The van der Waals surface area contributed by atoms with Crippen LogP contribution in [0.25, 0.3) is 22.2 Å². The summed E-state index contributed by atoms with van der Waals surface area (Å²) < 4.78 is 10.7. The minimum absolute atomic E-state index is 0.423. The van der Waals surface area contributed by atoms with E-state index in [9.17, 15) is 0 Å². The molecule has 0 bridgehead atoms. The minimum Gasteiger partial charge on any atom is -0.381 e. The van der Waals surface area contributed by atoms with E-state index < -0.39 is 0 Å². The van der Waals surface area contributed by atoms with Crippen LogP contribution in [-0.2, 0) is 4.74 Å². The second kappa shape index (κ2) is 5.70. The summed E-state index contributed by atoms with van der Waals surface area (Å²) in [5.74, 6) is 1.66. The van der Waals surface area contributed by atoms with Gasteiger partial charge in [0.1, 0.15) is 5.76 Å². The number of aromatic amines is 1. The Morgan fingerprint density at radius 3 is 2.78 bits per heavy atom. The molecule has 0 saturated carbocycles. The van der Waals surface area contributed by atoms with Crippen molar-refractivity contribution in [3.63, 3.8) is 0 Å². The molecule has 6 nitrogen and oxygen atoms in total. The lowest BCUT2D eigenvalue weighted by molar-refractivity contribution is 0.0903. The summed E-state index contributed by atoms with van der Waals surface area (Å²) >= 11 is 0. The number of hydrogen-bond acceptors (Lipinski definition) is 5. The third-order valence-corrected chi connectivity index (χ3v) is 4.37. The normalized spacial score (nSPS) is 16.1. The number of hydrogen-bond donors (Lipinski definition) is 2. The van der Waals surface area contributed by atoms with Crippen molar-refractivity contribution in [1.82, 2.24) is 15.1 Å². The number of nitrogens with one attached hydrogen (secondary N) is 2. The molecule has 2 N–H and O–H groups in total. The van der Waals surface area contributed by atoms with Crippen molar-refractivity contribution in [2.75, 3.05) is 18.5 Å². The number of ether oxygens (including phenoxy) is 1. The van der Waals surface area contributed by atoms with Gasteiger partial charge in [-0.2, -0.15) is 0 Å². The van der Waals surface area contributed by atoms with E-state index in [1.807, 2.05) is 19.9 Å². The van der Waals surface area contributed by atoms with Crippen molar-refractivity contribution in [2.45, 2.75) is 32.7 Å². The molecule has 0 atom stereocenters. The summed E-state index contributed by atoms with van der Waals surface area (Å²) in [5.41, 5.74) is 5.02. The van der Waals surface area contributed by atoms with Crippen molar-refractivity contribution >= 4 is 17.0 Å². The molecule has 1 fully saturated rings. The maximum atomic E-state index is 5.39. The predicted molar refractivity (Wildman–Crippen MR) is 88.5 cm³/mol. The van der Waals surface area contributed by atoms with Gasteiger partial charge in [0, 0.05) is 24.8 Å². The Bertz CT molecular complexity index is 811. The largest absolute Gasteiger partial charge is 0.381 e. The Morgan fingerprint density at radius 2 is 2.04 bits per heavy atom. The van der Waals surface area contributed by atoms with Crippen LogP contribution in [-0.4, -0.2) is 34.4 Å². The van der Waals surface area contributed by atoms with E-state index in [1.54, 1.807) is 0 Å². The maximum Gasteiger partial charge on any atom is 0.201 e. The first kappa shape index (κ1) is 14.3. The Labute approximate surface area is 134 Å². The van der Waals surface area contributed by atoms with E-state index in [1.165, 1.54) is 0 Å². The molecule has 1 saturated heterocycles. The zero-order valence-corrected chi connectivity index (χ0v) is 13.3. The SMILES string of the molecule is Cc1noc(C)c1-c1ccc2nc(NC3CCOCC3)[nH]c2c1. The highest BCUT2D eigenvalue weighted by Gasteiger charge is 2.16. The van der Waals surface area contributed by atoms with Crippen LogP contribution in [0.15, 0.2) is 22.7 Å². The van der Waals surface area contributed by atoms with Gasteiger partial charge in [0.25, 0.3) is 0 Å². The first-order valence-corrected chi connectivity index (χ1v) is 7.98. The lowest BCUT2D eigenvalue weighted by atomic mass is 10.0. The monoisotopic (exact) mass is 312 g/mol. The first-order chi connectivity index (χ1) is 11.2. The van der Waals surface area contributed by atoms with E-state index in [0.717, 1.165) is 65.6 Å². The average Bonchev–Trinajstić information content (AvgIpc) is 3.10. The smallest absolute Gasteiger partial charge is 0.201 e. The van der Waals surface area contributed by atoms with Crippen LogP contribution in [0.3, 0.4) is 0 Å². The van der Waals surface area contributed by atoms with Gasteiger partial charge in [-0.1, -0.05) is 11.2 Å². The third-order valence-electron chi connectivity index (χ3n) is 4.37. The van der Waals surface area contributed by atoms with Gasteiger partial charge >= 0.3 is 0 Å². The van der Waals surface area contributed by atoms with Crippen LogP contribution < -0.4 is 5.32 Å². The Hall–Kier alpha value is -2.34. The summed E-state index contributed by atoms with van der Waals surface area (Å²) in [6.07, 6.45) is 2.03. The van der Waals surface area contributed by atoms with Crippen molar-refractivity contribution < 1.29 is 9.26 Å². The fraction of sp³-hybridized carbons (Fsp3) is 0.412. The van der Waals surface area contributed by atoms with E-state index in [-0.39, 0.29) is 0 Å². The number of fused-ring (bicyclic) bond motifs is 1. The Kier molecular flexibility index (Phi) is 3.53. The highest BCUT2D eigenvalue weighted by molar-refractivity contribution is 5.84. The van der Waals surface area contributed by atoms with Gasteiger partial charge in [-0.15, -0.1) is 0 Å². The fourth-order valence-electron chi connectivity index (χ4n) is 3.16. The van der Waals surface area contributed by atoms with Gasteiger partial charge in [-0.05, 0) is 44.4 Å². The molecular weight excluding hydrogens is 292 g/mol. The maximum absolute atomic E-state index is 5.39. The van der Waals surface area contributed by atoms with Crippen molar-refractivity contribution in [2.24, 2.45) is 0 Å². The number of benzene rings is 1. The molecule has 1 aliphatic rings. The second-order valence-corrected chi connectivity index (χ2v) is 6.05. The zero-order chi connectivity index (χ0) is 15.8. The molecule has 4 rings (SSSR count). The highest BCUT2D eigenvalue weighted by atomic mass is 16.5. The number of imidazole rings is 1. The van der Waals surface area contributed by atoms with Crippen LogP contribution in [0.2, 0.25) is 0 Å². The summed E-state index contributed by atoms with van der Waals surface area (Å²) in [5, 5.41) is 7.50. The molecule has 6 heteroatoms. The van der Waals surface area contributed by atoms with Gasteiger partial charge in [0.05, 0.1) is 16.7 Å². The summed E-state index contributed by atoms with van der Waals surface area (Å²) in [4.78, 5) is 8.00. The molecule has 0 spiro atoms. The second-order valence-electron chi connectivity index (χ2n) is 6.05. The molecule has 0 unspecified atom stereocenters. The standard InChI is InChI=1S/C17H20N4O2/c1-10-16(11(2)23-21-10)12-3-4-14-15(9-12)20-17(19-14)18-13-5-7-22-8-6-13/h3-4,9,13H,5-8H2,1-2H3,(H2,18,19,20). The zero-order valence-electron chi connectivity index (χ0n) is 13.3. The predicted octanol–water partition coefficient (Wildman–Crippen LogP) is 3.43. The Morgan fingerprint density at radius 1 is 1.22 bits per heavy atom. The summed E-state index contributed by atoms with van der Waals surface area (Å²) in [7, 11) is 0. The summed E-state index contributed by atoms with van der Waals surface area (Å²) in [6, 6.07) is 6.62. The van der Waals surface area contributed by atoms with E-state index in [0.29, 0.717) is 6.04 Å². The number of rotatable bonds is 3. The van der Waals surface area contributed by atoms with E-state index in [4.69, 9.17) is 9.26 Å². The van der Waals surface area contributed by atoms with Crippen molar-refractivity contribution in [3.05, 3.63) is 29.7 Å². The van der Waals surface area contributed by atoms with Crippen LogP contribution in [0.5, 0.6) is 0 Å². The van der Waals surface area contributed by atoms with Crippen LogP contribution in [0.4, 0.5) is 5.95 Å². The van der Waals surface area contributed by atoms with E-state index >= 15 is 0 Å². The molecule has 0 amide bonds. The van der Waals surface area contributed by atoms with Gasteiger partial charge < -0.3 is 19.6 Å². The molecular formula is C17H20N4O2. The molecule has 3 heterocycles. The molecule has 0 radical (unpaired) electrons. The van der Waals surface area contributed by atoms with Crippen LogP contribution in [0, 0.1) is 13.8 Å². The lowest BCUT2D eigenvalue weighted by Crippen LogP contribution is -2.28. The summed E-state index contributed by atoms with van der Waals surface area (Å²) in [6.45, 7) is 5.52. The van der Waals surface area contributed by atoms with E-state index in [2.05, 4.69) is 32.6 Å². The number of aromatic nitrogens is 3. The number of nitrogens with zero attached hydrogens (tertiary/aromatic N) is 2. The molecule has 1 aromatic carbocycles. The van der Waals surface area contributed by atoms with Gasteiger partial charge in [-0.3, -0.25) is 0 Å². The lowest BCUT2D eigenvalue weighted by Gasteiger charge is -2.22. The molecule has 3 aromatic rings. The average molecular weight is 312 g/mol. The van der Waals surface area contributed by atoms with Gasteiger partial charge in [0.15, 0.2) is 0 Å². The molecule has 1 aliphatic heterocycles. The minimum atomic E-state index is 0.423. The van der Waals surface area contributed by atoms with Crippen LogP contribution in [0.1, 0.15) is 24.3 Å². The molecule has 23 heavy (non-hydrogen) atoms. The van der Waals surface area contributed by atoms with Gasteiger partial charge in [-0.25, -0.2) is 4.98 Å². The van der Waals surface area contributed by atoms with Gasteiger partial charge in [0.2, 0.25) is 5.95 Å². The highest BCUT2D eigenvalue weighted by Crippen LogP contribution is 2.29. The number of anilines is 1. The first-order valence-electron chi connectivity index (χ1n) is 7.98. The topological polar surface area (TPSA) is 76.0 Å². The number of aryl methyl sites for hydroxylation is 2. The number of H-pyrrole nitrogens is 1. The molecule has 0 aliphatic carbocycles. The van der Waals surface area contributed by atoms with Crippen LogP contribution >= 0.6 is 0 Å². The quantitative estimate of drug-likeness (QED) is 0.775. The van der Waals surface area contributed by atoms with Crippen molar-refractivity contribution in [1.29, 1.82) is 0 Å². The third kappa shape index (κ3) is 2.70. The molecule has 2 aromatic heterocycles. The fourth-order valence-corrected chi connectivity index (χ4v) is 3.16. The molecule has 120 valence electrons. The Balaban J connectivity index is 1.64.